The summed E-state index contributed by atoms with van der Waals surface area (Å²) in [6.07, 6.45) is 3.46. The van der Waals surface area contributed by atoms with Gasteiger partial charge in [-0.05, 0) is 42.3 Å². The number of carbonyl (C=O) groups is 1. The molecule has 2 N–H and O–H groups in total. The van der Waals surface area contributed by atoms with Gasteiger partial charge in [0.05, 0.1) is 0 Å². The normalized spacial score (nSPS) is 11.8. The number of aromatic nitrogens is 2. The first kappa shape index (κ1) is 16.7. The zero-order valence-corrected chi connectivity index (χ0v) is 14.0. The second-order valence-corrected chi connectivity index (χ2v) is 5.85. The number of aryl methyl sites for hydroxylation is 2. The van der Waals surface area contributed by atoms with Gasteiger partial charge in [0.25, 0.3) is 0 Å². The Hall–Kier alpha value is -3.15. The Labute approximate surface area is 145 Å². The van der Waals surface area contributed by atoms with Crippen LogP contribution in [0.3, 0.4) is 0 Å². The smallest absolute Gasteiger partial charge is 0.320 e. The molecule has 6 heteroatoms. The van der Waals surface area contributed by atoms with Crippen LogP contribution in [0.1, 0.15) is 23.0 Å². The van der Waals surface area contributed by atoms with Crippen LogP contribution >= 0.6 is 0 Å². The zero-order chi connectivity index (χ0) is 17.8. The number of hydrogen-bond acceptors (Lipinski definition) is 2. The molecule has 0 fully saturated rings. The summed E-state index contributed by atoms with van der Waals surface area (Å²) < 4.78 is 15.1. The SMILES string of the molecule is Cc1cccc(NC(=O)NC(c2ccc(F)cc2)c2nccn2C)c1. The number of nitrogens with one attached hydrogen (secondary N) is 2. The number of urea groups is 1. The van der Waals surface area contributed by atoms with Crippen LogP contribution in [0.5, 0.6) is 0 Å². The molecule has 1 unspecified atom stereocenters. The lowest BCUT2D eigenvalue weighted by atomic mass is 10.1. The molecule has 128 valence electrons. The van der Waals surface area contributed by atoms with E-state index in [1.807, 2.05) is 42.8 Å². The number of rotatable bonds is 4. The van der Waals surface area contributed by atoms with Gasteiger partial charge in [0.2, 0.25) is 0 Å². The minimum Gasteiger partial charge on any atom is -0.336 e. The topological polar surface area (TPSA) is 59.0 Å². The average molecular weight is 338 g/mol. The Morgan fingerprint density at radius 2 is 1.96 bits per heavy atom. The van der Waals surface area contributed by atoms with Crippen LogP contribution in [0.2, 0.25) is 0 Å². The predicted octanol–water partition coefficient (Wildman–Crippen LogP) is 3.78. The molecule has 1 heterocycles. The van der Waals surface area contributed by atoms with Crippen molar-refractivity contribution >= 4 is 11.7 Å². The van der Waals surface area contributed by atoms with E-state index >= 15 is 0 Å². The summed E-state index contributed by atoms with van der Waals surface area (Å²) in [6, 6.07) is 12.7. The molecule has 2 amide bonds. The molecular weight excluding hydrogens is 319 g/mol. The first-order chi connectivity index (χ1) is 12.0. The molecule has 2 aromatic carbocycles. The molecular formula is C19H19FN4O. The van der Waals surface area contributed by atoms with Gasteiger partial charge in [0.1, 0.15) is 17.7 Å². The molecule has 0 radical (unpaired) electrons. The quantitative estimate of drug-likeness (QED) is 0.760. The van der Waals surface area contributed by atoms with Crippen LogP contribution in [0.15, 0.2) is 60.9 Å². The highest BCUT2D eigenvalue weighted by Crippen LogP contribution is 2.21. The molecule has 0 aliphatic carbocycles. The van der Waals surface area contributed by atoms with E-state index in [9.17, 15) is 9.18 Å². The Kier molecular flexibility index (Phi) is 4.79. The number of benzene rings is 2. The first-order valence-corrected chi connectivity index (χ1v) is 7.90. The number of imidazole rings is 1. The lowest BCUT2D eigenvalue weighted by Crippen LogP contribution is -2.34. The van der Waals surface area contributed by atoms with Gasteiger partial charge < -0.3 is 15.2 Å². The van der Waals surface area contributed by atoms with E-state index < -0.39 is 6.04 Å². The van der Waals surface area contributed by atoms with Crippen molar-refractivity contribution in [3.05, 3.63) is 83.7 Å². The fraction of sp³-hybridized carbons (Fsp3) is 0.158. The van der Waals surface area contributed by atoms with Gasteiger partial charge in [-0.25, -0.2) is 14.2 Å². The third-order valence-corrected chi connectivity index (χ3v) is 3.87. The largest absolute Gasteiger partial charge is 0.336 e. The molecule has 0 aliphatic heterocycles. The summed E-state index contributed by atoms with van der Waals surface area (Å²) in [5, 5.41) is 5.72. The second kappa shape index (κ2) is 7.17. The van der Waals surface area contributed by atoms with Crippen LogP contribution in [0.4, 0.5) is 14.9 Å². The molecule has 1 aromatic heterocycles. The average Bonchev–Trinajstić information content (AvgIpc) is 2.99. The summed E-state index contributed by atoms with van der Waals surface area (Å²) in [5.41, 5.74) is 2.50. The third kappa shape index (κ3) is 4.03. The van der Waals surface area contributed by atoms with Crippen molar-refractivity contribution in [1.82, 2.24) is 14.9 Å². The van der Waals surface area contributed by atoms with Gasteiger partial charge in [-0.2, -0.15) is 0 Å². The highest BCUT2D eigenvalue weighted by atomic mass is 19.1. The van der Waals surface area contributed by atoms with Gasteiger partial charge >= 0.3 is 6.03 Å². The van der Waals surface area contributed by atoms with Crippen LogP contribution in [-0.2, 0) is 7.05 Å². The molecule has 0 saturated heterocycles. The molecule has 25 heavy (non-hydrogen) atoms. The minimum atomic E-state index is -0.495. The van der Waals surface area contributed by atoms with E-state index in [1.165, 1.54) is 12.1 Å². The number of halogens is 1. The molecule has 1 atom stereocenters. The van der Waals surface area contributed by atoms with Crippen LogP contribution in [0, 0.1) is 12.7 Å². The second-order valence-electron chi connectivity index (χ2n) is 5.85. The number of hydrogen-bond donors (Lipinski definition) is 2. The van der Waals surface area contributed by atoms with Gasteiger partial charge in [-0.15, -0.1) is 0 Å². The molecule has 3 rings (SSSR count). The Balaban J connectivity index is 1.83. The summed E-state index contributed by atoms with van der Waals surface area (Å²) in [6.45, 7) is 1.96. The molecule has 0 saturated carbocycles. The fourth-order valence-corrected chi connectivity index (χ4v) is 2.63. The van der Waals surface area contributed by atoms with E-state index in [0.29, 0.717) is 11.5 Å². The monoisotopic (exact) mass is 338 g/mol. The molecule has 0 aliphatic rings. The van der Waals surface area contributed by atoms with E-state index in [4.69, 9.17) is 0 Å². The molecule has 5 nitrogen and oxygen atoms in total. The predicted molar refractivity (Wildman–Crippen MR) is 94.8 cm³/mol. The summed E-state index contributed by atoms with van der Waals surface area (Å²) in [4.78, 5) is 16.8. The van der Waals surface area contributed by atoms with Crippen LogP contribution in [0.25, 0.3) is 0 Å². The fourth-order valence-electron chi connectivity index (χ4n) is 2.63. The van der Waals surface area contributed by atoms with Crippen molar-refractivity contribution in [2.75, 3.05) is 5.32 Å². The first-order valence-electron chi connectivity index (χ1n) is 7.90. The van der Waals surface area contributed by atoms with Crippen molar-refractivity contribution in [2.45, 2.75) is 13.0 Å². The van der Waals surface area contributed by atoms with Crippen molar-refractivity contribution < 1.29 is 9.18 Å². The van der Waals surface area contributed by atoms with E-state index in [0.717, 1.165) is 11.1 Å². The maximum atomic E-state index is 13.2. The molecule has 3 aromatic rings. The van der Waals surface area contributed by atoms with E-state index in [1.54, 1.807) is 24.5 Å². The van der Waals surface area contributed by atoms with E-state index in [-0.39, 0.29) is 11.8 Å². The standard InChI is InChI=1S/C19H19FN4O/c1-13-4-3-5-16(12-13)22-19(25)23-17(18-21-10-11-24(18)2)14-6-8-15(20)9-7-14/h3-12,17H,1-2H3,(H2,22,23,25). The molecule has 0 spiro atoms. The van der Waals surface area contributed by atoms with Crippen LogP contribution in [-0.4, -0.2) is 15.6 Å². The lowest BCUT2D eigenvalue weighted by Gasteiger charge is -2.19. The Morgan fingerprint density at radius 3 is 2.60 bits per heavy atom. The third-order valence-electron chi connectivity index (χ3n) is 3.87. The van der Waals surface area contributed by atoms with Crippen molar-refractivity contribution in [1.29, 1.82) is 0 Å². The highest BCUT2D eigenvalue weighted by molar-refractivity contribution is 5.89. The lowest BCUT2D eigenvalue weighted by molar-refractivity contribution is 0.249. The van der Waals surface area contributed by atoms with Gasteiger partial charge in [0, 0.05) is 25.1 Å². The number of amides is 2. The number of anilines is 1. The van der Waals surface area contributed by atoms with Crippen molar-refractivity contribution in [3.8, 4) is 0 Å². The van der Waals surface area contributed by atoms with E-state index in [2.05, 4.69) is 15.6 Å². The Bertz CT molecular complexity index is 873. The summed E-state index contributed by atoms with van der Waals surface area (Å²) in [7, 11) is 1.85. The molecule has 0 bridgehead atoms. The Morgan fingerprint density at radius 1 is 1.20 bits per heavy atom. The number of carbonyl (C=O) groups excluding carboxylic acids is 1. The highest BCUT2D eigenvalue weighted by Gasteiger charge is 2.20. The maximum Gasteiger partial charge on any atom is 0.320 e. The summed E-state index contributed by atoms with van der Waals surface area (Å²) in [5.74, 6) is 0.331. The van der Waals surface area contributed by atoms with Crippen molar-refractivity contribution in [2.24, 2.45) is 7.05 Å². The van der Waals surface area contributed by atoms with Crippen molar-refractivity contribution in [3.63, 3.8) is 0 Å². The van der Waals surface area contributed by atoms with Gasteiger partial charge in [-0.3, -0.25) is 0 Å². The van der Waals surface area contributed by atoms with Gasteiger partial charge in [0.15, 0.2) is 0 Å². The maximum absolute atomic E-state index is 13.2. The summed E-state index contributed by atoms with van der Waals surface area (Å²) >= 11 is 0. The minimum absolute atomic E-state index is 0.327. The van der Waals surface area contributed by atoms with Crippen LogP contribution < -0.4 is 10.6 Å². The van der Waals surface area contributed by atoms with Gasteiger partial charge in [-0.1, -0.05) is 24.3 Å². The zero-order valence-electron chi connectivity index (χ0n) is 14.0. The number of nitrogens with zero attached hydrogens (tertiary/aromatic N) is 2.